The van der Waals surface area contributed by atoms with Gasteiger partial charge in [-0.2, -0.15) is 10.3 Å². The highest BCUT2D eigenvalue weighted by Gasteiger charge is 2.49. The number of nitrogens with zero attached hydrogens (tertiary/aromatic N) is 3. The van der Waals surface area contributed by atoms with Crippen LogP contribution in [0.3, 0.4) is 0 Å². The van der Waals surface area contributed by atoms with Crippen LogP contribution in [-0.4, -0.2) is 48.9 Å². The van der Waals surface area contributed by atoms with Crippen molar-refractivity contribution in [1.29, 1.82) is 5.26 Å². The Hall–Kier alpha value is -2.05. The van der Waals surface area contributed by atoms with Crippen LogP contribution in [0.25, 0.3) is 0 Å². The number of benzene rings is 1. The van der Waals surface area contributed by atoms with Crippen LogP contribution in [0, 0.1) is 11.3 Å². The highest BCUT2D eigenvalue weighted by Crippen LogP contribution is 2.41. The molecule has 2 fully saturated rings. The summed E-state index contributed by atoms with van der Waals surface area (Å²) in [5.74, 6) is 0.293. The van der Waals surface area contributed by atoms with E-state index in [0.29, 0.717) is 17.5 Å². The Morgan fingerprint density at radius 3 is 2.76 bits per heavy atom. The van der Waals surface area contributed by atoms with Crippen LogP contribution in [0.2, 0.25) is 0 Å². The van der Waals surface area contributed by atoms with Crippen molar-refractivity contribution in [3.63, 3.8) is 0 Å². The molecular weight excluding hydrogens is 362 g/mol. The molecule has 2 aliphatic rings. The zero-order chi connectivity index (χ0) is 18.0. The normalized spacial score (nSPS) is 25.6. The van der Waals surface area contributed by atoms with Crippen LogP contribution < -0.4 is 9.64 Å². The fourth-order valence-electron chi connectivity index (χ4n) is 2.95. The van der Waals surface area contributed by atoms with Crippen LogP contribution in [0.15, 0.2) is 29.3 Å². The minimum absolute atomic E-state index is 0.0311. The molecule has 9 heteroatoms. The van der Waals surface area contributed by atoms with Gasteiger partial charge in [0.15, 0.2) is 15.0 Å². The molecule has 0 bridgehead atoms. The van der Waals surface area contributed by atoms with E-state index in [1.807, 2.05) is 19.1 Å². The number of sulfone groups is 1. The molecule has 1 aromatic carbocycles. The van der Waals surface area contributed by atoms with Crippen LogP contribution in [-0.2, 0) is 14.6 Å². The lowest BCUT2D eigenvalue weighted by atomic mass is 10.2. The maximum Gasteiger partial charge on any atom is 0.262 e. The average molecular weight is 379 g/mol. The van der Waals surface area contributed by atoms with Gasteiger partial charge in [0.25, 0.3) is 5.91 Å². The van der Waals surface area contributed by atoms with E-state index in [0.717, 1.165) is 5.69 Å². The predicted octanol–water partition coefficient (Wildman–Crippen LogP) is 1.60. The lowest BCUT2D eigenvalue weighted by molar-refractivity contribution is -0.116. The number of amides is 1. The van der Waals surface area contributed by atoms with Gasteiger partial charge in [-0.25, -0.2) is 8.42 Å². The monoisotopic (exact) mass is 379 g/mol. The van der Waals surface area contributed by atoms with Gasteiger partial charge in [-0.1, -0.05) is 11.8 Å². The number of ether oxygens (including phenoxy) is 1. The summed E-state index contributed by atoms with van der Waals surface area (Å²) in [5, 5.41) is 8.94. The second-order valence-corrected chi connectivity index (χ2v) is 9.08. The lowest BCUT2D eigenvalue weighted by Gasteiger charge is -2.24. The number of fused-ring (bicyclic) bond motifs is 1. The van der Waals surface area contributed by atoms with Crippen molar-refractivity contribution in [3.8, 4) is 11.8 Å². The molecule has 0 aliphatic carbocycles. The van der Waals surface area contributed by atoms with Crippen molar-refractivity contribution >= 4 is 38.4 Å². The molecule has 0 unspecified atom stereocenters. The number of rotatable bonds is 4. The van der Waals surface area contributed by atoms with E-state index in [1.165, 1.54) is 11.8 Å². The van der Waals surface area contributed by atoms with Gasteiger partial charge in [-0.3, -0.25) is 4.79 Å². The van der Waals surface area contributed by atoms with Crippen molar-refractivity contribution in [2.75, 3.05) is 23.0 Å². The van der Waals surface area contributed by atoms with Crippen LogP contribution in [0.5, 0.6) is 5.75 Å². The highest BCUT2D eigenvalue weighted by atomic mass is 32.2. The Morgan fingerprint density at radius 1 is 1.40 bits per heavy atom. The molecular formula is C16H17N3O4S2. The Bertz CT molecular complexity index is 843. The molecule has 2 heterocycles. The number of carbonyl (C=O) groups is 1. The molecule has 2 atom stereocenters. The summed E-state index contributed by atoms with van der Waals surface area (Å²) in [7, 11) is -3.10. The van der Waals surface area contributed by atoms with E-state index in [2.05, 4.69) is 4.99 Å². The van der Waals surface area contributed by atoms with Gasteiger partial charge in [0, 0.05) is 10.9 Å². The van der Waals surface area contributed by atoms with Crippen molar-refractivity contribution < 1.29 is 17.9 Å². The summed E-state index contributed by atoms with van der Waals surface area (Å²) in [4.78, 5) is 17.6. The fraction of sp³-hybridized carbons (Fsp3) is 0.438. The molecule has 1 aromatic rings. The molecule has 25 heavy (non-hydrogen) atoms. The molecule has 0 radical (unpaired) electrons. The number of carbonyl (C=O) groups excluding carboxylic acids is 1. The van der Waals surface area contributed by atoms with E-state index < -0.39 is 15.7 Å². The number of nitriles is 1. The summed E-state index contributed by atoms with van der Waals surface area (Å²) in [5.41, 5.74) is 0.754. The van der Waals surface area contributed by atoms with Gasteiger partial charge in [-0.15, -0.1) is 0 Å². The number of anilines is 1. The minimum atomic E-state index is -3.10. The van der Waals surface area contributed by atoms with Crippen molar-refractivity contribution in [2.24, 2.45) is 4.99 Å². The van der Waals surface area contributed by atoms with Gasteiger partial charge in [-0.05, 0) is 31.2 Å². The highest BCUT2D eigenvalue weighted by molar-refractivity contribution is 8.16. The van der Waals surface area contributed by atoms with Crippen LogP contribution in [0.4, 0.5) is 5.69 Å². The molecule has 132 valence electrons. The molecule has 7 nitrogen and oxygen atoms in total. The number of amidine groups is 1. The smallest absolute Gasteiger partial charge is 0.262 e. The molecule has 1 amide bonds. The van der Waals surface area contributed by atoms with Gasteiger partial charge in [0.05, 0.1) is 30.2 Å². The third kappa shape index (κ3) is 3.80. The van der Waals surface area contributed by atoms with Crippen LogP contribution >= 0.6 is 11.8 Å². The first kappa shape index (κ1) is 17.8. The second-order valence-electron chi connectivity index (χ2n) is 5.72. The van der Waals surface area contributed by atoms with Gasteiger partial charge in [0.1, 0.15) is 12.2 Å². The summed E-state index contributed by atoms with van der Waals surface area (Å²) in [6.45, 7) is 2.45. The number of hydrogen-bond acceptors (Lipinski definition) is 6. The fourth-order valence-corrected chi connectivity index (χ4v) is 6.88. The van der Waals surface area contributed by atoms with E-state index in [-0.39, 0.29) is 29.2 Å². The summed E-state index contributed by atoms with van der Waals surface area (Å²) in [6, 6.07) is 8.77. The maximum atomic E-state index is 12.0. The quantitative estimate of drug-likeness (QED) is 0.783. The number of aliphatic imine (C=N–C) groups is 1. The summed E-state index contributed by atoms with van der Waals surface area (Å²) < 4.78 is 29.4. The Labute approximate surface area is 150 Å². The van der Waals surface area contributed by atoms with E-state index in [4.69, 9.17) is 10.00 Å². The topological polar surface area (TPSA) is 99.8 Å². The summed E-state index contributed by atoms with van der Waals surface area (Å²) >= 11 is 1.29. The van der Waals surface area contributed by atoms with E-state index in [9.17, 15) is 13.2 Å². The SMILES string of the molecule is CCOc1ccc(N2C(=NC(=O)CC#N)S[C@H]3CS(=O)(=O)C[C@H]32)cc1. The molecule has 2 saturated heterocycles. The molecule has 0 spiro atoms. The first-order valence-corrected chi connectivity index (χ1v) is 10.5. The molecule has 0 N–H and O–H groups in total. The molecule has 0 saturated carbocycles. The summed E-state index contributed by atoms with van der Waals surface area (Å²) in [6.07, 6.45) is -0.297. The minimum Gasteiger partial charge on any atom is -0.494 e. The number of hydrogen-bond donors (Lipinski definition) is 0. The van der Waals surface area contributed by atoms with Crippen LogP contribution in [0.1, 0.15) is 13.3 Å². The molecule has 0 aromatic heterocycles. The van der Waals surface area contributed by atoms with E-state index in [1.54, 1.807) is 23.1 Å². The third-order valence-corrected chi connectivity index (χ3v) is 7.15. The van der Waals surface area contributed by atoms with Gasteiger partial charge < -0.3 is 9.64 Å². The standard InChI is InChI=1S/C16H17N3O4S2/c1-2-23-12-5-3-11(4-6-12)19-13-9-25(21,22)10-14(13)24-16(19)18-15(20)7-8-17/h3-6,13-14H,2,7,9-10H2,1H3/t13-,14+/m1/s1. The first-order valence-electron chi connectivity index (χ1n) is 7.81. The second kappa shape index (κ2) is 7.06. The maximum absolute atomic E-state index is 12.0. The molecule has 3 rings (SSSR count). The Morgan fingerprint density at radius 2 is 2.12 bits per heavy atom. The van der Waals surface area contributed by atoms with Crippen molar-refractivity contribution in [3.05, 3.63) is 24.3 Å². The zero-order valence-electron chi connectivity index (χ0n) is 13.6. The Balaban J connectivity index is 1.94. The largest absolute Gasteiger partial charge is 0.494 e. The zero-order valence-corrected chi connectivity index (χ0v) is 15.2. The van der Waals surface area contributed by atoms with Crippen molar-refractivity contribution in [1.82, 2.24) is 0 Å². The molecule has 2 aliphatic heterocycles. The van der Waals surface area contributed by atoms with E-state index >= 15 is 0 Å². The third-order valence-electron chi connectivity index (χ3n) is 3.94. The number of thioether (sulfide) groups is 1. The lowest BCUT2D eigenvalue weighted by Crippen LogP contribution is -2.37. The predicted molar refractivity (Wildman–Crippen MR) is 96.6 cm³/mol. The van der Waals surface area contributed by atoms with Gasteiger partial charge in [0.2, 0.25) is 0 Å². The average Bonchev–Trinajstić information content (AvgIpc) is 3.00. The first-order chi connectivity index (χ1) is 11.9. The van der Waals surface area contributed by atoms with Gasteiger partial charge >= 0.3 is 0 Å². The van der Waals surface area contributed by atoms with Crippen molar-refractivity contribution in [2.45, 2.75) is 24.6 Å². The Kier molecular flexibility index (Phi) is 5.01.